The molecule has 0 fully saturated rings. The van der Waals surface area contributed by atoms with Crippen LogP contribution >= 0.6 is 11.6 Å². The van der Waals surface area contributed by atoms with Crippen molar-refractivity contribution in [2.75, 3.05) is 25.5 Å². The van der Waals surface area contributed by atoms with Crippen molar-refractivity contribution in [2.45, 2.75) is 37.8 Å². The molecule has 10 heteroatoms. The monoisotopic (exact) mass is 479 g/mol. The first kappa shape index (κ1) is 24.0. The van der Waals surface area contributed by atoms with Crippen LogP contribution in [0, 0.1) is 0 Å². The number of amides is 2. The minimum Gasteiger partial charge on any atom is -0.482 e. The highest BCUT2D eigenvalue weighted by Gasteiger charge is 2.32. The molecule has 32 heavy (non-hydrogen) atoms. The van der Waals surface area contributed by atoms with Gasteiger partial charge < -0.3 is 15.0 Å². The quantitative estimate of drug-likeness (QED) is 0.686. The van der Waals surface area contributed by atoms with Crippen molar-refractivity contribution in [3.63, 3.8) is 0 Å². The molecular formula is C22H26ClN3O5S. The summed E-state index contributed by atoms with van der Waals surface area (Å²) in [6, 6.07) is 12.1. The molecule has 8 nitrogen and oxygen atoms in total. The van der Waals surface area contributed by atoms with E-state index in [-0.39, 0.29) is 40.6 Å². The summed E-state index contributed by atoms with van der Waals surface area (Å²) < 4.78 is 32.7. The van der Waals surface area contributed by atoms with Crippen molar-refractivity contribution in [3.8, 4) is 5.75 Å². The largest absolute Gasteiger partial charge is 0.482 e. The third kappa shape index (κ3) is 5.23. The molecule has 0 aromatic heterocycles. The van der Waals surface area contributed by atoms with Gasteiger partial charge in [-0.05, 0) is 32.4 Å². The second-order valence-corrected chi connectivity index (χ2v) is 10.9. The maximum atomic E-state index is 13.2. The number of hydrogen-bond acceptors (Lipinski definition) is 5. The fraction of sp³-hybridized carbons (Fsp3) is 0.364. The topological polar surface area (TPSA) is 96.0 Å². The molecule has 2 amide bonds. The average molecular weight is 480 g/mol. The molecule has 1 N–H and O–H groups in total. The van der Waals surface area contributed by atoms with Crippen molar-refractivity contribution < 1.29 is 22.7 Å². The summed E-state index contributed by atoms with van der Waals surface area (Å²) in [4.78, 5) is 26.1. The molecule has 1 heterocycles. The number of fused-ring (bicyclic) bond motifs is 1. The van der Waals surface area contributed by atoms with Gasteiger partial charge in [0.05, 0.1) is 17.3 Å². The lowest BCUT2D eigenvalue weighted by Gasteiger charge is -2.37. The molecule has 0 aliphatic carbocycles. The van der Waals surface area contributed by atoms with E-state index >= 15 is 0 Å². The van der Waals surface area contributed by atoms with Crippen LogP contribution in [0.2, 0.25) is 5.02 Å². The molecule has 1 aliphatic heterocycles. The Morgan fingerprint density at radius 1 is 1.19 bits per heavy atom. The molecule has 1 aliphatic rings. The molecule has 3 rings (SSSR count). The number of nitrogens with one attached hydrogen (secondary N) is 1. The first-order valence-electron chi connectivity index (χ1n) is 9.96. The van der Waals surface area contributed by atoms with E-state index < -0.39 is 15.6 Å². The Balaban J connectivity index is 1.83. The number of rotatable bonds is 6. The zero-order valence-corrected chi connectivity index (χ0v) is 20.0. The van der Waals surface area contributed by atoms with Crippen LogP contribution in [0.15, 0.2) is 47.4 Å². The molecular weight excluding hydrogens is 454 g/mol. The zero-order chi connectivity index (χ0) is 23.7. The molecule has 0 saturated heterocycles. The second-order valence-electron chi connectivity index (χ2n) is 8.51. The number of anilines is 1. The van der Waals surface area contributed by atoms with Gasteiger partial charge >= 0.3 is 0 Å². The smallest absolute Gasteiger partial charge is 0.262 e. The number of carbonyl (C=O) groups excluding carboxylic acids is 2. The van der Waals surface area contributed by atoms with Gasteiger partial charge in [0.1, 0.15) is 10.6 Å². The van der Waals surface area contributed by atoms with Gasteiger partial charge in [0, 0.05) is 25.2 Å². The molecule has 2 aromatic carbocycles. The number of sulfonamides is 1. The Labute approximate surface area is 193 Å². The Bertz CT molecular complexity index is 1130. The summed E-state index contributed by atoms with van der Waals surface area (Å²) in [5.74, 6) is -0.495. The minimum absolute atomic E-state index is 0.0780. The SMILES string of the molecule is CN(CC(=O)N(Cc1ccccc1)C(C)(C)C)S(=O)(=O)c1cc2c(cc1Cl)NC(=O)CO2. The molecule has 0 atom stereocenters. The summed E-state index contributed by atoms with van der Waals surface area (Å²) in [6.07, 6.45) is 0. The van der Waals surface area contributed by atoms with Gasteiger partial charge in [0.2, 0.25) is 15.9 Å². The van der Waals surface area contributed by atoms with Crippen LogP contribution in [-0.2, 0) is 26.2 Å². The third-order valence-corrected chi connectivity index (χ3v) is 7.28. The lowest BCUT2D eigenvalue weighted by Crippen LogP contribution is -2.49. The number of ether oxygens (including phenoxy) is 1. The fourth-order valence-electron chi connectivity index (χ4n) is 3.27. The predicted octanol–water partition coefficient (Wildman–Crippen LogP) is 3.12. The number of benzene rings is 2. The number of carbonyl (C=O) groups is 2. The summed E-state index contributed by atoms with van der Waals surface area (Å²) in [5, 5.41) is 2.50. The van der Waals surface area contributed by atoms with Crippen molar-refractivity contribution >= 4 is 39.1 Å². The van der Waals surface area contributed by atoms with Crippen LogP contribution in [0.4, 0.5) is 5.69 Å². The van der Waals surface area contributed by atoms with E-state index in [0.29, 0.717) is 12.2 Å². The van der Waals surface area contributed by atoms with Crippen LogP contribution in [-0.4, -0.2) is 55.2 Å². The number of nitrogens with zero attached hydrogens (tertiary/aromatic N) is 2. The highest BCUT2D eigenvalue weighted by molar-refractivity contribution is 7.89. The highest BCUT2D eigenvalue weighted by Crippen LogP contribution is 2.36. The van der Waals surface area contributed by atoms with Gasteiger partial charge in [-0.1, -0.05) is 41.9 Å². The molecule has 0 bridgehead atoms. The fourth-order valence-corrected chi connectivity index (χ4v) is 4.91. The summed E-state index contributed by atoms with van der Waals surface area (Å²) in [5.41, 5.74) is 0.719. The lowest BCUT2D eigenvalue weighted by molar-refractivity contribution is -0.136. The maximum absolute atomic E-state index is 13.2. The van der Waals surface area contributed by atoms with E-state index in [1.165, 1.54) is 19.2 Å². The second kappa shape index (κ2) is 9.09. The Morgan fingerprint density at radius 2 is 1.84 bits per heavy atom. The normalized spacial score (nSPS) is 13.9. The molecule has 0 saturated carbocycles. The van der Waals surface area contributed by atoms with E-state index in [4.69, 9.17) is 16.3 Å². The molecule has 2 aromatic rings. The number of halogens is 1. The van der Waals surface area contributed by atoms with Crippen molar-refractivity contribution in [2.24, 2.45) is 0 Å². The number of hydrogen-bond donors (Lipinski definition) is 1. The van der Waals surface area contributed by atoms with Crippen LogP contribution in [0.5, 0.6) is 5.75 Å². The van der Waals surface area contributed by atoms with Crippen LogP contribution < -0.4 is 10.1 Å². The van der Waals surface area contributed by atoms with E-state index in [1.54, 1.807) is 4.90 Å². The highest BCUT2D eigenvalue weighted by atomic mass is 35.5. The molecule has 172 valence electrons. The van der Waals surface area contributed by atoms with Gasteiger partial charge in [0.25, 0.3) is 5.91 Å². The van der Waals surface area contributed by atoms with E-state index in [2.05, 4.69) is 5.32 Å². The van der Waals surface area contributed by atoms with E-state index in [1.807, 2.05) is 51.1 Å². The van der Waals surface area contributed by atoms with Crippen LogP contribution in [0.25, 0.3) is 0 Å². The first-order valence-corrected chi connectivity index (χ1v) is 11.8. The van der Waals surface area contributed by atoms with E-state index in [9.17, 15) is 18.0 Å². The van der Waals surface area contributed by atoms with Gasteiger partial charge in [-0.15, -0.1) is 0 Å². The first-order chi connectivity index (χ1) is 14.9. The maximum Gasteiger partial charge on any atom is 0.262 e. The summed E-state index contributed by atoms with van der Waals surface area (Å²) in [7, 11) is -2.77. The van der Waals surface area contributed by atoms with Gasteiger partial charge in [0.15, 0.2) is 6.61 Å². The lowest BCUT2D eigenvalue weighted by atomic mass is 10.0. The van der Waals surface area contributed by atoms with Gasteiger partial charge in [-0.3, -0.25) is 9.59 Å². The molecule has 0 unspecified atom stereocenters. The number of likely N-dealkylation sites (N-methyl/N-ethyl adjacent to an activating group) is 1. The average Bonchev–Trinajstić information content (AvgIpc) is 2.71. The summed E-state index contributed by atoms with van der Waals surface area (Å²) in [6.45, 7) is 5.46. The van der Waals surface area contributed by atoms with Crippen LogP contribution in [0.1, 0.15) is 26.3 Å². The van der Waals surface area contributed by atoms with Gasteiger partial charge in [-0.2, -0.15) is 4.31 Å². The van der Waals surface area contributed by atoms with E-state index in [0.717, 1.165) is 9.87 Å². The Kier molecular flexibility index (Phi) is 6.83. The third-order valence-electron chi connectivity index (χ3n) is 5.01. The summed E-state index contributed by atoms with van der Waals surface area (Å²) >= 11 is 6.21. The Hall–Kier alpha value is -2.62. The van der Waals surface area contributed by atoms with Crippen LogP contribution in [0.3, 0.4) is 0 Å². The van der Waals surface area contributed by atoms with Gasteiger partial charge in [-0.25, -0.2) is 8.42 Å². The zero-order valence-electron chi connectivity index (χ0n) is 18.4. The van der Waals surface area contributed by atoms with Crippen molar-refractivity contribution in [3.05, 3.63) is 53.1 Å². The molecule has 0 radical (unpaired) electrons. The standard InChI is InChI=1S/C22H26ClN3O5S/c1-22(2,3)26(12-15-8-6-5-7-9-15)21(28)13-25(4)32(29,30)19-11-18-17(10-16(19)23)24-20(27)14-31-18/h5-11H,12-14H2,1-4H3,(H,24,27). The minimum atomic E-state index is -4.10. The molecule has 0 spiro atoms. The van der Waals surface area contributed by atoms with Crippen molar-refractivity contribution in [1.82, 2.24) is 9.21 Å². The predicted molar refractivity (Wildman–Crippen MR) is 122 cm³/mol. The van der Waals surface area contributed by atoms with Crippen molar-refractivity contribution in [1.29, 1.82) is 0 Å². The Morgan fingerprint density at radius 3 is 2.47 bits per heavy atom.